The summed E-state index contributed by atoms with van der Waals surface area (Å²) in [6, 6.07) is 17.5. The first kappa shape index (κ1) is 22.9. The van der Waals surface area contributed by atoms with Crippen LogP contribution >= 0.6 is 34.8 Å². The summed E-state index contributed by atoms with van der Waals surface area (Å²) in [7, 11) is 0. The minimum Gasteiger partial charge on any atom is -0.423 e. The molecule has 0 bridgehead atoms. The van der Waals surface area contributed by atoms with Gasteiger partial charge in [0.2, 0.25) is 0 Å². The number of esters is 1. The van der Waals surface area contributed by atoms with Crippen molar-refractivity contribution in [2.45, 2.75) is 6.92 Å². The number of hydrogen-bond donors (Lipinski definition) is 1. The number of benzene rings is 3. The maximum absolute atomic E-state index is 12.9. The van der Waals surface area contributed by atoms with Crippen molar-refractivity contribution >= 4 is 64.0 Å². The van der Waals surface area contributed by atoms with E-state index in [1.165, 1.54) is 18.2 Å². The van der Waals surface area contributed by atoms with Crippen LogP contribution in [-0.4, -0.2) is 17.8 Å². The molecule has 0 fully saturated rings. The van der Waals surface area contributed by atoms with Crippen LogP contribution in [0, 0.1) is 6.92 Å². The molecule has 0 atom stereocenters. The Bertz CT molecular complexity index is 1320. The second-order valence-electron chi connectivity index (χ2n) is 7.12. The summed E-state index contributed by atoms with van der Waals surface area (Å²) in [5.74, 6) is -1.43. The van der Waals surface area contributed by atoms with E-state index in [1.807, 2.05) is 0 Å². The van der Waals surface area contributed by atoms with Gasteiger partial charge in [-0.15, -0.1) is 0 Å². The molecule has 1 heterocycles. The second kappa shape index (κ2) is 9.27. The summed E-state index contributed by atoms with van der Waals surface area (Å²) in [6.45, 7) is 1.78. The SMILES string of the molecule is Cc1cc(Cl)ccc1OC(=O)c1ccc(NC2=C(Cl)C(=O)N(c3cccc(Cl)c3)C2=O)cc1. The highest BCUT2D eigenvalue weighted by Gasteiger charge is 2.39. The van der Waals surface area contributed by atoms with E-state index in [0.717, 1.165) is 10.5 Å². The normalized spacial score (nSPS) is 13.5. The Morgan fingerprint density at radius 3 is 2.24 bits per heavy atom. The van der Waals surface area contributed by atoms with E-state index >= 15 is 0 Å². The number of imide groups is 1. The Kier molecular flexibility index (Phi) is 6.42. The predicted molar refractivity (Wildman–Crippen MR) is 128 cm³/mol. The lowest BCUT2D eigenvalue weighted by molar-refractivity contribution is -0.120. The van der Waals surface area contributed by atoms with Crippen molar-refractivity contribution in [3.8, 4) is 5.75 Å². The molecule has 3 aromatic carbocycles. The van der Waals surface area contributed by atoms with Gasteiger partial charge in [0.25, 0.3) is 11.8 Å². The lowest BCUT2D eigenvalue weighted by atomic mass is 10.2. The fourth-order valence-corrected chi connectivity index (χ4v) is 3.80. The van der Waals surface area contributed by atoms with Gasteiger partial charge >= 0.3 is 5.97 Å². The highest BCUT2D eigenvalue weighted by atomic mass is 35.5. The Hall–Kier alpha value is -3.32. The quantitative estimate of drug-likeness (QED) is 0.265. The topological polar surface area (TPSA) is 75.7 Å². The number of amides is 2. The molecule has 166 valence electrons. The second-order valence-corrected chi connectivity index (χ2v) is 8.37. The number of anilines is 2. The molecule has 33 heavy (non-hydrogen) atoms. The van der Waals surface area contributed by atoms with Gasteiger partial charge in [0.05, 0.1) is 11.3 Å². The maximum atomic E-state index is 12.9. The third-order valence-electron chi connectivity index (χ3n) is 4.82. The number of ether oxygens (including phenoxy) is 1. The molecular weight excluding hydrogens is 487 g/mol. The summed E-state index contributed by atoms with van der Waals surface area (Å²) in [4.78, 5) is 38.8. The van der Waals surface area contributed by atoms with E-state index in [0.29, 0.717) is 32.7 Å². The monoisotopic (exact) mass is 500 g/mol. The molecule has 6 nitrogen and oxygen atoms in total. The smallest absolute Gasteiger partial charge is 0.343 e. The van der Waals surface area contributed by atoms with E-state index < -0.39 is 17.8 Å². The first-order chi connectivity index (χ1) is 15.7. The largest absolute Gasteiger partial charge is 0.423 e. The number of halogens is 3. The zero-order valence-corrected chi connectivity index (χ0v) is 19.3. The molecule has 3 aromatic rings. The fourth-order valence-electron chi connectivity index (χ4n) is 3.18. The van der Waals surface area contributed by atoms with Crippen LogP contribution < -0.4 is 15.0 Å². The van der Waals surface area contributed by atoms with Crippen LogP contribution in [0.25, 0.3) is 0 Å². The average molecular weight is 502 g/mol. The van der Waals surface area contributed by atoms with Crippen LogP contribution in [0.5, 0.6) is 5.75 Å². The summed E-state index contributed by atoms with van der Waals surface area (Å²) in [5, 5.41) is 3.53. The van der Waals surface area contributed by atoms with Crippen LogP contribution in [0.1, 0.15) is 15.9 Å². The third-order valence-corrected chi connectivity index (χ3v) is 5.64. The van der Waals surface area contributed by atoms with E-state index in [4.69, 9.17) is 39.5 Å². The molecule has 0 aromatic heterocycles. The molecular formula is C24H15Cl3N2O4. The minimum atomic E-state index is -0.662. The molecule has 0 radical (unpaired) electrons. The van der Waals surface area contributed by atoms with Crippen LogP contribution in [0.2, 0.25) is 10.0 Å². The zero-order valence-electron chi connectivity index (χ0n) is 17.1. The van der Waals surface area contributed by atoms with Crippen molar-refractivity contribution in [2.75, 3.05) is 10.2 Å². The lowest BCUT2D eigenvalue weighted by Gasteiger charge is -2.15. The van der Waals surface area contributed by atoms with Crippen molar-refractivity contribution in [1.82, 2.24) is 0 Å². The van der Waals surface area contributed by atoms with Gasteiger partial charge in [0, 0.05) is 15.7 Å². The van der Waals surface area contributed by atoms with Crippen molar-refractivity contribution in [3.05, 3.63) is 98.6 Å². The molecule has 1 N–H and O–H groups in total. The van der Waals surface area contributed by atoms with Gasteiger partial charge in [-0.2, -0.15) is 0 Å². The number of nitrogens with zero attached hydrogens (tertiary/aromatic N) is 1. The van der Waals surface area contributed by atoms with Crippen LogP contribution in [0.4, 0.5) is 11.4 Å². The summed E-state index contributed by atoms with van der Waals surface area (Å²) in [5.41, 5.74) is 1.71. The van der Waals surface area contributed by atoms with Gasteiger partial charge in [-0.1, -0.05) is 40.9 Å². The van der Waals surface area contributed by atoms with Crippen LogP contribution in [0.15, 0.2) is 77.5 Å². The Morgan fingerprint density at radius 2 is 1.58 bits per heavy atom. The highest BCUT2D eigenvalue weighted by Crippen LogP contribution is 2.31. The summed E-state index contributed by atoms with van der Waals surface area (Å²) < 4.78 is 5.42. The number of carbonyl (C=O) groups excluding carboxylic acids is 3. The predicted octanol–water partition coefficient (Wildman–Crippen LogP) is 5.96. The first-order valence-electron chi connectivity index (χ1n) is 9.64. The van der Waals surface area contributed by atoms with Crippen molar-refractivity contribution < 1.29 is 19.1 Å². The standard InChI is InChI=1S/C24H15Cl3N2O4/c1-13-11-16(26)7-10-19(13)33-24(32)14-5-8-17(9-6-14)28-21-20(27)22(30)29(23(21)31)18-4-2-3-15(25)12-18/h2-12,28H,1H3. The van der Waals surface area contributed by atoms with Gasteiger partial charge in [-0.25, -0.2) is 9.69 Å². The van der Waals surface area contributed by atoms with Crippen LogP contribution in [0.3, 0.4) is 0 Å². The Labute approximate surface area is 204 Å². The molecule has 4 rings (SSSR count). The van der Waals surface area contributed by atoms with Crippen molar-refractivity contribution in [2.24, 2.45) is 0 Å². The number of nitrogens with one attached hydrogen (secondary N) is 1. The van der Waals surface area contributed by atoms with Gasteiger partial charge in [-0.05, 0) is 73.2 Å². The van der Waals surface area contributed by atoms with Crippen molar-refractivity contribution in [3.63, 3.8) is 0 Å². The number of hydrogen-bond acceptors (Lipinski definition) is 5. The highest BCUT2D eigenvalue weighted by molar-refractivity contribution is 6.53. The number of rotatable bonds is 5. The summed E-state index contributed by atoms with van der Waals surface area (Å²) in [6.07, 6.45) is 0. The molecule has 0 unspecified atom stereocenters. The van der Waals surface area contributed by atoms with Crippen molar-refractivity contribution in [1.29, 1.82) is 0 Å². The number of carbonyl (C=O) groups is 3. The van der Waals surface area contributed by atoms with E-state index in [2.05, 4.69) is 5.32 Å². The molecule has 1 aliphatic heterocycles. The van der Waals surface area contributed by atoms with E-state index in [1.54, 1.807) is 55.5 Å². The van der Waals surface area contributed by atoms with Gasteiger partial charge in [0.1, 0.15) is 16.5 Å². The maximum Gasteiger partial charge on any atom is 0.343 e. The van der Waals surface area contributed by atoms with Gasteiger partial charge in [-0.3, -0.25) is 9.59 Å². The average Bonchev–Trinajstić information content (AvgIpc) is 2.99. The van der Waals surface area contributed by atoms with Gasteiger partial charge < -0.3 is 10.1 Å². The first-order valence-corrected chi connectivity index (χ1v) is 10.8. The minimum absolute atomic E-state index is 0.0752. The molecule has 0 aliphatic carbocycles. The summed E-state index contributed by atoms with van der Waals surface area (Å²) >= 11 is 18.0. The zero-order chi connectivity index (χ0) is 23.7. The Balaban J connectivity index is 1.49. The lowest BCUT2D eigenvalue weighted by Crippen LogP contribution is -2.32. The van der Waals surface area contributed by atoms with E-state index in [-0.39, 0.29) is 10.7 Å². The molecule has 2 amide bonds. The molecule has 1 aliphatic rings. The molecule has 9 heteroatoms. The van der Waals surface area contributed by atoms with Crippen LogP contribution in [-0.2, 0) is 9.59 Å². The van der Waals surface area contributed by atoms with Gasteiger partial charge in [0.15, 0.2) is 0 Å². The number of aryl methyl sites for hydroxylation is 1. The third kappa shape index (κ3) is 4.73. The Morgan fingerprint density at radius 1 is 0.879 bits per heavy atom. The molecule has 0 spiro atoms. The molecule has 0 saturated heterocycles. The van der Waals surface area contributed by atoms with E-state index in [9.17, 15) is 14.4 Å². The molecule has 0 saturated carbocycles. The fraction of sp³-hybridized carbons (Fsp3) is 0.0417.